The minimum atomic E-state index is -0.114. The summed E-state index contributed by atoms with van der Waals surface area (Å²) in [7, 11) is 0. The molecule has 0 bridgehead atoms. The Balaban J connectivity index is 1.48. The molecule has 1 amide bonds. The molecule has 1 N–H and O–H groups in total. The van der Waals surface area contributed by atoms with Crippen LogP contribution < -0.4 is 5.32 Å². The molecule has 0 unspecified atom stereocenters. The second-order valence-electron chi connectivity index (χ2n) is 5.86. The van der Waals surface area contributed by atoms with Gasteiger partial charge >= 0.3 is 0 Å². The maximum atomic E-state index is 12.2. The number of hydrogen-bond acceptors (Lipinski definition) is 7. The van der Waals surface area contributed by atoms with Crippen LogP contribution in [-0.4, -0.2) is 31.4 Å². The van der Waals surface area contributed by atoms with E-state index >= 15 is 0 Å². The number of pyridine rings is 1. The largest absolute Gasteiger partial charge is 0.467 e. The summed E-state index contributed by atoms with van der Waals surface area (Å²) in [5.41, 5.74) is 0.843. The van der Waals surface area contributed by atoms with Crippen LogP contribution in [0.1, 0.15) is 11.5 Å². The number of carbonyl (C=O) groups excluding carboxylic acids is 1. The van der Waals surface area contributed by atoms with Crippen molar-refractivity contribution in [2.75, 3.05) is 5.75 Å². The van der Waals surface area contributed by atoms with Crippen molar-refractivity contribution in [3.05, 3.63) is 72.8 Å². The number of amides is 1. The zero-order chi connectivity index (χ0) is 19.2. The van der Waals surface area contributed by atoms with Crippen molar-refractivity contribution in [1.29, 1.82) is 0 Å². The Bertz CT molecular complexity index is 1010. The van der Waals surface area contributed by atoms with Crippen LogP contribution in [0.5, 0.6) is 0 Å². The maximum absolute atomic E-state index is 12.2. The van der Waals surface area contributed by atoms with Crippen molar-refractivity contribution >= 4 is 17.7 Å². The molecular formula is C19H17N5O3S. The second kappa shape index (κ2) is 8.57. The lowest BCUT2D eigenvalue weighted by Gasteiger charge is -2.08. The van der Waals surface area contributed by atoms with Crippen LogP contribution in [0.15, 0.2) is 75.3 Å². The van der Waals surface area contributed by atoms with Gasteiger partial charge in [0.1, 0.15) is 11.5 Å². The highest BCUT2D eigenvalue weighted by Gasteiger charge is 2.17. The van der Waals surface area contributed by atoms with E-state index in [9.17, 15) is 4.79 Å². The third-order valence-electron chi connectivity index (χ3n) is 3.90. The average Bonchev–Trinajstić information content (AvgIpc) is 3.48. The van der Waals surface area contributed by atoms with E-state index in [0.717, 1.165) is 11.3 Å². The fourth-order valence-corrected chi connectivity index (χ4v) is 3.35. The standard InChI is InChI=1S/C19H17N5O3S/c25-17(21-11-15-5-2-8-26-15)13-28-19-23-22-18(14-4-1-7-20-10-14)24(19)12-16-6-3-9-27-16/h1-10H,11-13H2,(H,21,25). The van der Waals surface area contributed by atoms with Gasteiger partial charge in [-0.25, -0.2) is 0 Å². The summed E-state index contributed by atoms with van der Waals surface area (Å²) < 4.78 is 12.6. The van der Waals surface area contributed by atoms with Gasteiger partial charge in [0.15, 0.2) is 11.0 Å². The first-order valence-electron chi connectivity index (χ1n) is 8.57. The van der Waals surface area contributed by atoms with Gasteiger partial charge in [0.05, 0.1) is 31.4 Å². The molecule has 4 heterocycles. The molecule has 0 aliphatic carbocycles. The molecule has 4 aromatic rings. The monoisotopic (exact) mass is 395 g/mol. The van der Waals surface area contributed by atoms with Crippen LogP contribution in [0, 0.1) is 0 Å². The SMILES string of the molecule is O=C(CSc1nnc(-c2cccnc2)n1Cc1ccco1)NCc1ccco1. The van der Waals surface area contributed by atoms with E-state index in [1.54, 1.807) is 31.0 Å². The molecule has 0 saturated heterocycles. The number of hydrogen-bond donors (Lipinski definition) is 1. The van der Waals surface area contributed by atoms with Crippen molar-refractivity contribution < 1.29 is 13.6 Å². The second-order valence-corrected chi connectivity index (χ2v) is 6.80. The van der Waals surface area contributed by atoms with Crippen molar-refractivity contribution in [2.24, 2.45) is 0 Å². The Morgan fingerprint density at radius 1 is 1.07 bits per heavy atom. The maximum Gasteiger partial charge on any atom is 0.230 e. The molecule has 9 heteroatoms. The molecule has 0 atom stereocenters. The zero-order valence-electron chi connectivity index (χ0n) is 14.8. The molecule has 4 rings (SSSR count). The lowest BCUT2D eigenvalue weighted by molar-refractivity contribution is -0.118. The first-order chi connectivity index (χ1) is 13.8. The van der Waals surface area contributed by atoms with E-state index < -0.39 is 0 Å². The topological polar surface area (TPSA) is 99.0 Å². The number of rotatable bonds is 8. The molecule has 0 radical (unpaired) electrons. The van der Waals surface area contributed by atoms with Crippen LogP contribution in [0.3, 0.4) is 0 Å². The third kappa shape index (κ3) is 4.32. The molecule has 4 aromatic heterocycles. The predicted molar refractivity (Wildman–Crippen MR) is 102 cm³/mol. The fourth-order valence-electron chi connectivity index (χ4n) is 2.58. The minimum absolute atomic E-state index is 0.114. The predicted octanol–water partition coefficient (Wildman–Crippen LogP) is 2.98. The summed E-state index contributed by atoms with van der Waals surface area (Å²) in [6.45, 7) is 0.812. The number of furan rings is 2. The molecule has 0 aliphatic rings. The minimum Gasteiger partial charge on any atom is -0.467 e. The molecule has 8 nitrogen and oxygen atoms in total. The fraction of sp³-hybridized carbons (Fsp3) is 0.158. The lowest BCUT2D eigenvalue weighted by Crippen LogP contribution is -2.24. The Morgan fingerprint density at radius 3 is 2.61 bits per heavy atom. The van der Waals surface area contributed by atoms with Crippen LogP contribution in [-0.2, 0) is 17.9 Å². The van der Waals surface area contributed by atoms with Crippen molar-refractivity contribution in [2.45, 2.75) is 18.2 Å². The normalized spacial score (nSPS) is 10.9. The van der Waals surface area contributed by atoms with E-state index in [2.05, 4.69) is 20.5 Å². The Hall–Kier alpha value is -3.33. The number of nitrogens with one attached hydrogen (secondary N) is 1. The molecule has 0 aliphatic heterocycles. The number of aromatic nitrogens is 4. The van der Waals surface area contributed by atoms with Crippen molar-refractivity contribution in [3.63, 3.8) is 0 Å². The van der Waals surface area contributed by atoms with Crippen molar-refractivity contribution in [1.82, 2.24) is 25.1 Å². The van der Waals surface area contributed by atoms with Gasteiger partial charge in [0, 0.05) is 18.0 Å². The van der Waals surface area contributed by atoms with Crippen LogP contribution in [0.4, 0.5) is 0 Å². The molecule has 0 saturated carbocycles. The van der Waals surface area contributed by atoms with E-state index in [0.29, 0.717) is 29.8 Å². The van der Waals surface area contributed by atoms with Gasteiger partial charge in [-0.2, -0.15) is 0 Å². The van der Waals surface area contributed by atoms with E-state index in [1.807, 2.05) is 34.9 Å². The highest BCUT2D eigenvalue weighted by Crippen LogP contribution is 2.24. The van der Waals surface area contributed by atoms with E-state index in [-0.39, 0.29) is 11.7 Å². The number of carbonyl (C=O) groups is 1. The summed E-state index contributed by atoms with van der Waals surface area (Å²) in [4.78, 5) is 16.3. The van der Waals surface area contributed by atoms with Crippen molar-refractivity contribution in [3.8, 4) is 11.4 Å². The summed E-state index contributed by atoms with van der Waals surface area (Å²) >= 11 is 1.31. The van der Waals surface area contributed by atoms with Crippen LogP contribution in [0.2, 0.25) is 0 Å². The lowest BCUT2D eigenvalue weighted by atomic mass is 10.2. The third-order valence-corrected chi connectivity index (χ3v) is 4.87. The molecular weight excluding hydrogens is 378 g/mol. The summed E-state index contributed by atoms with van der Waals surface area (Å²) in [5.74, 6) is 2.25. The smallest absolute Gasteiger partial charge is 0.230 e. The molecule has 28 heavy (non-hydrogen) atoms. The van der Waals surface area contributed by atoms with Gasteiger partial charge in [-0.3, -0.25) is 14.3 Å². The first-order valence-corrected chi connectivity index (χ1v) is 9.56. The highest BCUT2D eigenvalue weighted by molar-refractivity contribution is 7.99. The number of nitrogens with zero attached hydrogens (tertiary/aromatic N) is 4. The van der Waals surface area contributed by atoms with Gasteiger partial charge in [-0.1, -0.05) is 11.8 Å². The summed E-state index contributed by atoms with van der Waals surface area (Å²) in [5, 5.41) is 12.0. The molecule has 0 aromatic carbocycles. The summed E-state index contributed by atoms with van der Waals surface area (Å²) in [6.07, 6.45) is 6.63. The van der Waals surface area contributed by atoms with Gasteiger partial charge in [0.2, 0.25) is 5.91 Å². The Morgan fingerprint density at radius 2 is 1.89 bits per heavy atom. The highest BCUT2D eigenvalue weighted by atomic mass is 32.2. The molecule has 0 fully saturated rings. The Labute approximate surface area is 165 Å². The quantitative estimate of drug-likeness (QED) is 0.458. The van der Waals surface area contributed by atoms with Gasteiger partial charge in [0.25, 0.3) is 0 Å². The van der Waals surface area contributed by atoms with E-state index in [4.69, 9.17) is 8.83 Å². The van der Waals surface area contributed by atoms with Gasteiger partial charge in [-0.05, 0) is 36.4 Å². The molecule has 142 valence electrons. The Kier molecular flexibility index (Phi) is 5.53. The first kappa shape index (κ1) is 18.1. The van der Waals surface area contributed by atoms with Gasteiger partial charge < -0.3 is 14.2 Å². The average molecular weight is 395 g/mol. The zero-order valence-corrected chi connectivity index (χ0v) is 15.6. The van der Waals surface area contributed by atoms with E-state index in [1.165, 1.54) is 11.8 Å². The summed E-state index contributed by atoms with van der Waals surface area (Å²) in [6, 6.07) is 11.1. The van der Waals surface area contributed by atoms with Gasteiger partial charge in [-0.15, -0.1) is 10.2 Å². The van der Waals surface area contributed by atoms with Crippen LogP contribution in [0.25, 0.3) is 11.4 Å². The molecule has 0 spiro atoms. The number of thioether (sulfide) groups is 1. The van der Waals surface area contributed by atoms with Crippen LogP contribution >= 0.6 is 11.8 Å².